The molecule has 3 aromatic rings. The largest absolute Gasteiger partial charge is 0.465 e. The van der Waals surface area contributed by atoms with Gasteiger partial charge < -0.3 is 9.47 Å². The Morgan fingerprint density at radius 3 is 2.43 bits per heavy atom. The van der Waals surface area contributed by atoms with Crippen molar-refractivity contribution in [1.29, 1.82) is 0 Å². The summed E-state index contributed by atoms with van der Waals surface area (Å²) in [5.41, 5.74) is 4.44. The number of aromatic nitrogens is 2. The van der Waals surface area contributed by atoms with Crippen LogP contribution in [-0.2, 0) is 9.47 Å². The fourth-order valence-electron chi connectivity index (χ4n) is 3.03. The van der Waals surface area contributed by atoms with Crippen molar-refractivity contribution in [3.8, 4) is 11.3 Å². The molecule has 0 radical (unpaired) electrons. The zero-order chi connectivity index (χ0) is 21.7. The zero-order valence-electron chi connectivity index (χ0n) is 17.2. The normalized spacial score (nSPS) is 10.7. The number of aryl methyl sites for hydroxylation is 2. The molecule has 6 nitrogen and oxygen atoms in total. The predicted molar refractivity (Wildman–Crippen MR) is 120 cm³/mol. The Labute approximate surface area is 185 Å². The summed E-state index contributed by atoms with van der Waals surface area (Å²) in [6.45, 7) is 4.30. The highest BCUT2D eigenvalue weighted by Crippen LogP contribution is 2.32. The topological polar surface area (TPSA) is 64.5 Å². The maximum Gasteiger partial charge on any atom is 0.337 e. The van der Waals surface area contributed by atoms with Gasteiger partial charge in [0.25, 0.3) is 0 Å². The van der Waals surface area contributed by atoms with Crippen molar-refractivity contribution in [1.82, 2.24) is 9.97 Å². The Bertz CT molecular complexity index is 1040. The fourth-order valence-corrected chi connectivity index (χ4v) is 4.10. The first-order chi connectivity index (χ1) is 14.4. The number of anilines is 1. The van der Waals surface area contributed by atoms with Crippen LogP contribution in [0.25, 0.3) is 11.3 Å². The molecule has 0 saturated carbocycles. The number of ether oxygens (including phenoxy) is 2. The van der Waals surface area contributed by atoms with Gasteiger partial charge in [0.05, 0.1) is 18.4 Å². The molecule has 0 aliphatic heterocycles. The Morgan fingerprint density at radius 2 is 1.77 bits per heavy atom. The van der Waals surface area contributed by atoms with Gasteiger partial charge in [-0.15, -0.1) is 0 Å². The summed E-state index contributed by atoms with van der Waals surface area (Å²) in [6.07, 6.45) is 0. The number of methoxy groups -OCH3 is 2. The van der Waals surface area contributed by atoms with Gasteiger partial charge in [-0.25, -0.2) is 14.8 Å². The molecule has 1 aromatic heterocycles. The number of rotatable bonds is 7. The zero-order valence-corrected chi connectivity index (χ0v) is 18.8. The lowest BCUT2D eigenvalue weighted by Gasteiger charge is -2.21. The number of carbonyl (C=O) groups excluding carboxylic acids is 1. The summed E-state index contributed by atoms with van der Waals surface area (Å²) in [6, 6.07) is 15.0. The SMILES string of the molecule is COCN(Sc1cccc(C(=O)OC)c1)c1nc(Cl)cc(-c2c(C)cccc2C)n1. The average molecular weight is 444 g/mol. The highest BCUT2D eigenvalue weighted by Gasteiger charge is 2.17. The quantitative estimate of drug-likeness (QED) is 0.212. The average Bonchev–Trinajstić information content (AvgIpc) is 2.72. The molecule has 0 amide bonds. The van der Waals surface area contributed by atoms with Crippen molar-refractivity contribution in [3.05, 3.63) is 70.4 Å². The highest BCUT2D eigenvalue weighted by atomic mass is 35.5. The maximum atomic E-state index is 11.8. The molecule has 0 bridgehead atoms. The maximum absolute atomic E-state index is 11.8. The van der Waals surface area contributed by atoms with Gasteiger partial charge in [0, 0.05) is 23.6 Å². The number of esters is 1. The Hall–Kier alpha value is -2.61. The molecular weight excluding hydrogens is 422 g/mol. The van der Waals surface area contributed by atoms with Gasteiger partial charge in [0.15, 0.2) is 0 Å². The van der Waals surface area contributed by atoms with E-state index in [0.717, 1.165) is 27.3 Å². The van der Waals surface area contributed by atoms with E-state index in [-0.39, 0.29) is 6.73 Å². The van der Waals surface area contributed by atoms with E-state index < -0.39 is 5.97 Å². The second kappa shape index (κ2) is 9.93. The lowest BCUT2D eigenvalue weighted by atomic mass is 10.00. The van der Waals surface area contributed by atoms with E-state index in [1.165, 1.54) is 19.1 Å². The van der Waals surface area contributed by atoms with Crippen LogP contribution in [0.15, 0.2) is 53.4 Å². The number of halogens is 1. The van der Waals surface area contributed by atoms with Crippen LogP contribution in [0.3, 0.4) is 0 Å². The van der Waals surface area contributed by atoms with Crippen molar-refractivity contribution < 1.29 is 14.3 Å². The van der Waals surface area contributed by atoms with Crippen LogP contribution in [0.4, 0.5) is 5.95 Å². The summed E-state index contributed by atoms with van der Waals surface area (Å²) in [5, 5.41) is 0.336. The predicted octanol–water partition coefficient (Wildman–Crippen LogP) is 5.32. The molecule has 2 aromatic carbocycles. The molecule has 156 valence electrons. The molecule has 0 aliphatic rings. The van der Waals surface area contributed by atoms with E-state index in [1.807, 2.05) is 38.1 Å². The van der Waals surface area contributed by atoms with Crippen molar-refractivity contribution in [2.45, 2.75) is 18.7 Å². The first kappa shape index (κ1) is 22.1. The minimum Gasteiger partial charge on any atom is -0.465 e. The van der Waals surface area contributed by atoms with Crippen LogP contribution >= 0.6 is 23.5 Å². The second-order valence-corrected chi connectivity index (χ2v) is 8.03. The van der Waals surface area contributed by atoms with E-state index in [4.69, 9.17) is 26.1 Å². The van der Waals surface area contributed by atoms with E-state index in [1.54, 1.807) is 35.7 Å². The van der Waals surface area contributed by atoms with Crippen LogP contribution < -0.4 is 4.31 Å². The van der Waals surface area contributed by atoms with Crippen LogP contribution in [-0.4, -0.2) is 36.9 Å². The Balaban J connectivity index is 1.99. The van der Waals surface area contributed by atoms with Crippen molar-refractivity contribution in [2.75, 3.05) is 25.3 Å². The van der Waals surface area contributed by atoms with Crippen molar-refractivity contribution in [3.63, 3.8) is 0 Å². The van der Waals surface area contributed by atoms with Crippen molar-refractivity contribution in [2.24, 2.45) is 0 Å². The number of hydrogen-bond donors (Lipinski definition) is 0. The van der Waals surface area contributed by atoms with E-state index in [0.29, 0.717) is 16.7 Å². The number of hydrogen-bond acceptors (Lipinski definition) is 7. The van der Waals surface area contributed by atoms with Crippen LogP contribution in [0.5, 0.6) is 0 Å². The third-order valence-corrected chi connectivity index (χ3v) is 5.51. The van der Waals surface area contributed by atoms with Gasteiger partial charge in [-0.1, -0.05) is 35.9 Å². The van der Waals surface area contributed by atoms with E-state index in [2.05, 4.69) is 4.98 Å². The van der Waals surface area contributed by atoms with Crippen LogP contribution in [0.2, 0.25) is 5.15 Å². The molecule has 0 saturated heterocycles. The summed E-state index contributed by atoms with van der Waals surface area (Å²) >= 11 is 7.69. The van der Waals surface area contributed by atoms with Gasteiger partial charge >= 0.3 is 5.97 Å². The summed E-state index contributed by atoms with van der Waals surface area (Å²) in [7, 11) is 2.95. The number of nitrogens with zero attached hydrogens (tertiary/aromatic N) is 3. The first-order valence-electron chi connectivity index (χ1n) is 9.17. The third-order valence-electron chi connectivity index (χ3n) is 4.36. The molecule has 3 rings (SSSR count). The molecule has 0 N–H and O–H groups in total. The molecule has 1 heterocycles. The minimum absolute atomic E-state index is 0.222. The molecule has 0 aliphatic carbocycles. The lowest BCUT2D eigenvalue weighted by Crippen LogP contribution is -2.20. The standard InChI is InChI=1S/C22H22ClN3O3S/c1-14-7-5-8-15(2)20(14)18-12-19(23)25-22(24-18)26(13-28-3)30-17-10-6-9-16(11-17)21(27)29-4/h5-12H,13H2,1-4H3. The minimum atomic E-state index is -0.396. The Kier molecular flexibility index (Phi) is 7.31. The van der Waals surface area contributed by atoms with E-state index >= 15 is 0 Å². The fraction of sp³-hybridized carbons (Fsp3) is 0.227. The lowest BCUT2D eigenvalue weighted by molar-refractivity contribution is 0.0600. The first-order valence-corrected chi connectivity index (χ1v) is 10.3. The molecular formula is C22H22ClN3O3S. The van der Waals surface area contributed by atoms with Gasteiger partial charge in [0.1, 0.15) is 11.9 Å². The Morgan fingerprint density at radius 1 is 1.07 bits per heavy atom. The van der Waals surface area contributed by atoms with Crippen LogP contribution in [0, 0.1) is 13.8 Å². The molecule has 0 unspecified atom stereocenters. The molecule has 0 atom stereocenters. The van der Waals surface area contributed by atoms with Gasteiger partial charge in [-0.3, -0.25) is 4.31 Å². The number of carbonyl (C=O) groups is 1. The van der Waals surface area contributed by atoms with Gasteiger partial charge in [0.2, 0.25) is 5.95 Å². The summed E-state index contributed by atoms with van der Waals surface area (Å²) < 4.78 is 11.9. The smallest absolute Gasteiger partial charge is 0.337 e. The van der Waals surface area contributed by atoms with Crippen molar-refractivity contribution >= 4 is 35.5 Å². The summed E-state index contributed by atoms with van der Waals surface area (Å²) in [4.78, 5) is 21.8. The monoisotopic (exact) mass is 443 g/mol. The van der Waals surface area contributed by atoms with E-state index in [9.17, 15) is 4.79 Å². The van der Waals surface area contributed by atoms with Gasteiger partial charge in [-0.2, -0.15) is 0 Å². The number of benzene rings is 2. The molecule has 8 heteroatoms. The summed E-state index contributed by atoms with van der Waals surface area (Å²) in [5.74, 6) is 0.0162. The molecule has 30 heavy (non-hydrogen) atoms. The second-order valence-electron chi connectivity index (χ2n) is 6.55. The van der Waals surface area contributed by atoms with Crippen LogP contribution in [0.1, 0.15) is 21.5 Å². The molecule has 0 spiro atoms. The third kappa shape index (κ3) is 5.11. The molecule has 0 fully saturated rings. The van der Waals surface area contributed by atoms with Gasteiger partial charge in [-0.05, 0) is 55.1 Å². The highest BCUT2D eigenvalue weighted by molar-refractivity contribution is 8.00.